The van der Waals surface area contributed by atoms with Crippen molar-refractivity contribution < 1.29 is 9.53 Å². The largest absolute Gasteiger partial charge is 0.383 e. The van der Waals surface area contributed by atoms with E-state index in [4.69, 9.17) is 4.74 Å². The molecule has 0 radical (unpaired) electrons. The first-order valence-electron chi connectivity index (χ1n) is 4.27. The van der Waals surface area contributed by atoms with E-state index in [0.29, 0.717) is 18.7 Å². The number of pyridine rings is 1. The summed E-state index contributed by atoms with van der Waals surface area (Å²) in [5.74, 6) is -0.200. The van der Waals surface area contributed by atoms with Gasteiger partial charge in [0.1, 0.15) is 0 Å². The van der Waals surface area contributed by atoms with Crippen LogP contribution in [0.2, 0.25) is 0 Å². The number of hydrogen-bond acceptors (Lipinski definition) is 4. The highest BCUT2D eigenvalue weighted by atomic mass is 16.5. The van der Waals surface area contributed by atoms with Crippen LogP contribution < -0.4 is 10.9 Å². The van der Waals surface area contributed by atoms with Crippen LogP contribution in [0.3, 0.4) is 0 Å². The molecule has 0 aromatic carbocycles. The Kier molecular flexibility index (Phi) is 4.60. The van der Waals surface area contributed by atoms with Crippen LogP contribution in [0.25, 0.3) is 0 Å². The van der Waals surface area contributed by atoms with Crippen LogP contribution in [0.5, 0.6) is 0 Å². The normalized spacial score (nSPS) is 9.79. The third-order valence-corrected chi connectivity index (χ3v) is 1.56. The number of carbonyl (C=O) groups excluding carboxylic acids is 1. The van der Waals surface area contributed by atoms with E-state index in [1.807, 2.05) is 0 Å². The second-order valence-corrected chi connectivity index (χ2v) is 2.62. The zero-order valence-corrected chi connectivity index (χ0v) is 7.99. The van der Waals surface area contributed by atoms with E-state index in [2.05, 4.69) is 15.8 Å². The van der Waals surface area contributed by atoms with Crippen molar-refractivity contribution in [3.63, 3.8) is 0 Å². The van der Waals surface area contributed by atoms with Crippen molar-refractivity contribution in [2.24, 2.45) is 0 Å². The molecule has 1 aromatic rings. The topological polar surface area (TPSA) is 63.2 Å². The lowest BCUT2D eigenvalue weighted by Crippen LogP contribution is -2.39. The van der Waals surface area contributed by atoms with Crippen molar-refractivity contribution in [2.75, 3.05) is 20.3 Å². The van der Waals surface area contributed by atoms with Crippen LogP contribution in [0.15, 0.2) is 24.5 Å². The smallest absolute Gasteiger partial charge is 0.266 e. The molecule has 76 valence electrons. The van der Waals surface area contributed by atoms with Crippen molar-refractivity contribution >= 4 is 5.91 Å². The minimum Gasteiger partial charge on any atom is -0.383 e. The number of nitrogens with one attached hydrogen (secondary N) is 2. The molecule has 0 saturated heterocycles. The van der Waals surface area contributed by atoms with Gasteiger partial charge in [-0.05, 0) is 12.1 Å². The highest BCUT2D eigenvalue weighted by Gasteiger charge is 2.02. The average molecular weight is 195 g/mol. The van der Waals surface area contributed by atoms with Crippen LogP contribution in [0.1, 0.15) is 10.4 Å². The second kappa shape index (κ2) is 6.06. The van der Waals surface area contributed by atoms with Gasteiger partial charge in [-0.2, -0.15) is 0 Å². The predicted molar refractivity (Wildman–Crippen MR) is 51.6 cm³/mol. The summed E-state index contributed by atoms with van der Waals surface area (Å²) in [7, 11) is 1.60. The summed E-state index contributed by atoms with van der Waals surface area (Å²) in [5.41, 5.74) is 5.78. The van der Waals surface area contributed by atoms with Crippen LogP contribution in [0, 0.1) is 0 Å². The molecule has 0 spiro atoms. The molecular formula is C9H13N3O2. The summed E-state index contributed by atoms with van der Waals surface area (Å²) < 4.78 is 4.80. The Morgan fingerprint density at radius 1 is 1.64 bits per heavy atom. The first kappa shape index (κ1) is 10.6. The number of aromatic nitrogens is 1. The first-order chi connectivity index (χ1) is 6.84. The van der Waals surface area contributed by atoms with Gasteiger partial charge in [-0.3, -0.25) is 15.2 Å². The van der Waals surface area contributed by atoms with Gasteiger partial charge >= 0.3 is 0 Å². The Hall–Kier alpha value is -1.46. The van der Waals surface area contributed by atoms with Gasteiger partial charge in [0.2, 0.25) is 0 Å². The third kappa shape index (κ3) is 3.51. The van der Waals surface area contributed by atoms with Crippen molar-refractivity contribution in [2.45, 2.75) is 0 Å². The fraction of sp³-hybridized carbons (Fsp3) is 0.333. The van der Waals surface area contributed by atoms with Gasteiger partial charge in [0.25, 0.3) is 5.91 Å². The first-order valence-corrected chi connectivity index (χ1v) is 4.27. The van der Waals surface area contributed by atoms with Crippen molar-refractivity contribution in [3.05, 3.63) is 30.1 Å². The molecule has 5 nitrogen and oxygen atoms in total. The molecular weight excluding hydrogens is 182 g/mol. The summed E-state index contributed by atoms with van der Waals surface area (Å²) >= 11 is 0. The van der Waals surface area contributed by atoms with E-state index in [9.17, 15) is 4.79 Å². The minimum atomic E-state index is -0.200. The summed E-state index contributed by atoms with van der Waals surface area (Å²) in [4.78, 5) is 15.2. The SMILES string of the molecule is COCCNNC(=O)c1cccnc1. The lowest BCUT2D eigenvalue weighted by atomic mass is 10.3. The predicted octanol–water partition coefficient (Wildman–Crippen LogP) is -0.0376. The molecule has 2 N–H and O–H groups in total. The second-order valence-electron chi connectivity index (χ2n) is 2.62. The molecule has 1 amide bonds. The maximum Gasteiger partial charge on any atom is 0.266 e. The van der Waals surface area contributed by atoms with Gasteiger partial charge in [-0.25, -0.2) is 5.43 Å². The standard InChI is InChI=1S/C9H13N3O2/c1-14-6-5-11-12-9(13)8-3-2-4-10-7-8/h2-4,7,11H,5-6H2,1H3,(H,12,13). The number of nitrogens with zero attached hydrogens (tertiary/aromatic N) is 1. The molecule has 1 aromatic heterocycles. The summed E-state index contributed by atoms with van der Waals surface area (Å²) in [5, 5.41) is 0. The van der Waals surface area contributed by atoms with Crippen LogP contribution in [-0.4, -0.2) is 31.2 Å². The molecule has 1 heterocycles. The third-order valence-electron chi connectivity index (χ3n) is 1.56. The zero-order valence-electron chi connectivity index (χ0n) is 7.99. The van der Waals surface area contributed by atoms with E-state index >= 15 is 0 Å². The van der Waals surface area contributed by atoms with Crippen molar-refractivity contribution in [1.29, 1.82) is 0 Å². The van der Waals surface area contributed by atoms with Gasteiger partial charge < -0.3 is 4.74 Å². The van der Waals surface area contributed by atoms with Crippen molar-refractivity contribution in [1.82, 2.24) is 15.8 Å². The Bertz CT molecular complexity index is 277. The Labute approximate surface area is 82.5 Å². The number of rotatable bonds is 5. The van der Waals surface area contributed by atoms with E-state index in [0.717, 1.165) is 0 Å². The van der Waals surface area contributed by atoms with Gasteiger partial charge in [0.15, 0.2) is 0 Å². The molecule has 0 bridgehead atoms. The summed E-state index contributed by atoms with van der Waals surface area (Å²) in [6.45, 7) is 1.12. The number of carbonyl (C=O) groups is 1. The maximum atomic E-state index is 11.4. The molecule has 0 unspecified atom stereocenters. The molecule has 0 aliphatic carbocycles. The number of hydrogen-bond donors (Lipinski definition) is 2. The monoisotopic (exact) mass is 195 g/mol. The molecule has 0 atom stereocenters. The van der Waals surface area contributed by atoms with E-state index < -0.39 is 0 Å². The van der Waals surface area contributed by atoms with Crippen LogP contribution in [0.4, 0.5) is 0 Å². The fourth-order valence-corrected chi connectivity index (χ4v) is 0.865. The summed E-state index contributed by atoms with van der Waals surface area (Å²) in [6, 6.07) is 3.41. The van der Waals surface area contributed by atoms with Crippen molar-refractivity contribution in [3.8, 4) is 0 Å². The molecule has 0 saturated carbocycles. The maximum absolute atomic E-state index is 11.4. The summed E-state index contributed by atoms with van der Waals surface area (Å²) in [6.07, 6.45) is 3.13. The fourth-order valence-electron chi connectivity index (χ4n) is 0.865. The number of ether oxygens (including phenoxy) is 1. The zero-order chi connectivity index (χ0) is 10.2. The Balaban J connectivity index is 2.29. The van der Waals surface area contributed by atoms with Gasteiger partial charge in [-0.1, -0.05) is 0 Å². The molecule has 0 aliphatic rings. The quantitative estimate of drug-likeness (QED) is 0.511. The molecule has 5 heteroatoms. The lowest BCUT2D eigenvalue weighted by Gasteiger charge is -2.05. The molecule has 1 rings (SSSR count). The number of amides is 1. The lowest BCUT2D eigenvalue weighted by molar-refractivity contribution is 0.0925. The van der Waals surface area contributed by atoms with Gasteiger partial charge in [-0.15, -0.1) is 0 Å². The van der Waals surface area contributed by atoms with Gasteiger partial charge in [0.05, 0.1) is 12.2 Å². The highest BCUT2D eigenvalue weighted by molar-refractivity contribution is 5.93. The highest BCUT2D eigenvalue weighted by Crippen LogP contribution is 1.93. The van der Waals surface area contributed by atoms with Crippen LogP contribution in [-0.2, 0) is 4.74 Å². The Morgan fingerprint density at radius 2 is 2.50 bits per heavy atom. The molecule has 0 fully saturated rings. The minimum absolute atomic E-state index is 0.200. The number of methoxy groups -OCH3 is 1. The van der Waals surface area contributed by atoms with E-state index in [1.165, 1.54) is 6.20 Å². The number of hydrazine groups is 1. The molecule has 14 heavy (non-hydrogen) atoms. The van der Waals surface area contributed by atoms with Gasteiger partial charge in [0, 0.05) is 26.0 Å². The van der Waals surface area contributed by atoms with E-state index in [-0.39, 0.29) is 5.91 Å². The molecule has 0 aliphatic heterocycles. The Morgan fingerprint density at radius 3 is 3.14 bits per heavy atom. The average Bonchev–Trinajstić information content (AvgIpc) is 2.25. The van der Waals surface area contributed by atoms with Crippen LogP contribution >= 0.6 is 0 Å². The van der Waals surface area contributed by atoms with E-state index in [1.54, 1.807) is 25.4 Å².